The normalized spacial score (nSPS) is 16.0. The lowest BCUT2D eigenvalue weighted by molar-refractivity contribution is -0.149. The van der Waals surface area contributed by atoms with E-state index in [4.69, 9.17) is 17.0 Å². The van der Waals surface area contributed by atoms with Crippen molar-refractivity contribution < 1.29 is 9.53 Å². The quantitative estimate of drug-likeness (QED) is 0.589. The van der Waals surface area contributed by atoms with Crippen LogP contribution in [0.2, 0.25) is 0 Å². The third-order valence-electron chi connectivity index (χ3n) is 5.24. The minimum atomic E-state index is -0.0511. The summed E-state index contributed by atoms with van der Waals surface area (Å²) in [7, 11) is 0. The highest BCUT2D eigenvalue weighted by molar-refractivity contribution is 7.71. The van der Waals surface area contributed by atoms with Gasteiger partial charge in [-0.1, -0.05) is 12.1 Å². The van der Waals surface area contributed by atoms with Crippen molar-refractivity contribution in [2.45, 2.75) is 40.3 Å². The van der Waals surface area contributed by atoms with Crippen molar-refractivity contribution in [3.8, 4) is 5.69 Å². The summed E-state index contributed by atoms with van der Waals surface area (Å²) in [6.45, 7) is 9.10. The highest BCUT2D eigenvalue weighted by Crippen LogP contribution is 2.21. The van der Waals surface area contributed by atoms with Crippen LogP contribution < -0.4 is 0 Å². The van der Waals surface area contributed by atoms with Crippen LogP contribution in [0.1, 0.15) is 30.9 Å². The van der Waals surface area contributed by atoms with E-state index in [1.807, 2.05) is 19.3 Å². The lowest BCUT2D eigenvalue weighted by Gasteiger charge is -2.30. The Labute approximate surface area is 160 Å². The molecule has 2 aromatic rings. The second-order valence-corrected chi connectivity index (χ2v) is 7.29. The molecule has 0 unspecified atom stereocenters. The van der Waals surface area contributed by atoms with Crippen LogP contribution in [0.15, 0.2) is 30.6 Å². The van der Waals surface area contributed by atoms with Gasteiger partial charge in [0, 0.05) is 25.5 Å². The lowest BCUT2D eigenvalue weighted by atomic mass is 9.97. The fraction of sp³-hybridized carbons (Fsp3) is 0.500. The highest BCUT2D eigenvalue weighted by Gasteiger charge is 2.26. The number of aryl methyl sites for hydroxylation is 1. The number of ether oxygens (including phenoxy) is 1. The molecule has 0 radical (unpaired) electrons. The molecule has 1 aromatic carbocycles. The van der Waals surface area contributed by atoms with Crippen molar-refractivity contribution >= 4 is 18.2 Å². The molecule has 3 rings (SSSR count). The standard InChI is InChI=1S/C20H27N3O2S/c1-4-25-19(24)17-8-10-21(11-9-17)14-22-12-13-23(20(22)26)18-7-5-6-15(2)16(18)3/h5-7,12-13,17H,4,8-11,14H2,1-3H3. The van der Waals surface area contributed by atoms with E-state index in [1.54, 1.807) is 0 Å². The summed E-state index contributed by atoms with van der Waals surface area (Å²) in [6, 6.07) is 6.29. The molecule has 5 nitrogen and oxygen atoms in total. The first kappa shape index (κ1) is 18.9. The fourth-order valence-electron chi connectivity index (χ4n) is 3.49. The molecule has 0 atom stereocenters. The molecular weight excluding hydrogens is 346 g/mol. The number of hydrogen-bond acceptors (Lipinski definition) is 4. The van der Waals surface area contributed by atoms with Crippen LogP contribution in [0.3, 0.4) is 0 Å². The van der Waals surface area contributed by atoms with Gasteiger partial charge in [0.15, 0.2) is 4.77 Å². The van der Waals surface area contributed by atoms with Crippen LogP contribution in [0.5, 0.6) is 0 Å². The number of benzene rings is 1. The number of likely N-dealkylation sites (tertiary alicyclic amines) is 1. The maximum absolute atomic E-state index is 11.9. The van der Waals surface area contributed by atoms with Crippen molar-refractivity contribution in [3.05, 3.63) is 46.5 Å². The summed E-state index contributed by atoms with van der Waals surface area (Å²) in [6.07, 6.45) is 5.78. The van der Waals surface area contributed by atoms with Gasteiger partial charge in [0.2, 0.25) is 0 Å². The zero-order valence-electron chi connectivity index (χ0n) is 15.8. The summed E-state index contributed by atoms with van der Waals surface area (Å²) in [5.74, 6) is -0.0106. The molecule has 1 aromatic heterocycles. The summed E-state index contributed by atoms with van der Waals surface area (Å²) < 4.78 is 10.1. The molecule has 0 N–H and O–H groups in total. The molecule has 140 valence electrons. The monoisotopic (exact) mass is 373 g/mol. The average Bonchev–Trinajstić information content (AvgIpc) is 2.99. The molecule has 26 heavy (non-hydrogen) atoms. The molecule has 1 saturated heterocycles. The molecule has 0 amide bonds. The van der Waals surface area contributed by atoms with Crippen molar-refractivity contribution in [2.24, 2.45) is 5.92 Å². The van der Waals surface area contributed by atoms with Gasteiger partial charge in [-0.15, -0.1) is 0 Å². The molecule has 6 heteroatoms. The van der Waals surface area contributed by atoms with Gasteiger partial charge in [0.25, 0.3) is 0 Å². The summed E-state index contributed by atoms with van der Waals surface area (Å²) >= 11 is 5.70. The number of esters is 1. The Morgan fingerprint density at radius 2 is 1.96 bits per heavy atom. The summed E-state index contributed by atoms with van der Waals surface area (Å²) in [5, 5.41) is 0. The number of hydrogen-bond donors (Lipinski definition) is 0. The lowest BCUT2D eigenvalue weighted by Crippen LogP contribution is -2.37. The minimum absolute atomic E-state index is 0.0405. The van der Waals surface area contributed by atoms with E-state index in [1.165, 1.54) is 11.1 Å². The van der Waals surface area contributed by atoms with E-state index >= 15 is 0 Å². The average molecular weight is 374 g/mol. The second kappa shape index (κ2) is 8.18. The molecule has 0 saturated carbocycles. The number of nitrogens with zero attached hydrogens (tertiary/aromatic N) is 3. The Morgan fingerprint density at radius 1 is 1.23 bits per heavy atom. The van der Waals surface area contributed by atoms with E-state index in [2.05, 4.69) is 46.1 Å². The van der Waals surface area contributed by atoms with Crippen molar-refractivity contribution in [2.75, 3.05) is 19.7 Å². The summed E-state index contributed by atoms with van der Waals surface area (Å²) in [4.78, 5) is 14.2. The first-order chi connectivity index (χ1) is 12.5. The van der Waals surface area contributed by atoms with Crippen molar-refractivity contribution in [3.63, 3.8) is 0 Å². The van der Waals surface area contributed by atoms with Crippen LogP contribution in [0.4, 0.5) is 0 Å². The Bertz CT molecular complexity index is 832. The maximum atomic E-state index is 11.9. The zero-order valence-corrected chi connectivity index (χ0v) is 16.6. The Balaban J connectivity index is 1.68. The number of piperidine rings is 1. The van der Waals surface area contributed by atoms with Crippen LogP contribution in [0, 0.1) is 24.5 Å². The van der Waals surface area contributed by atoms with Crippen LogP contribution >= 0.6 is 12.2 Å². The van der Waals surface area contributed by atoms with Gasteiger partial charge in [-0.2, -0.15) is 0 Å². The molecule has 1 aliphatic heterocycles. The topological polar surface area (TPSA) is 39.4 Å². The third-order valence-corrected chi connectivity index (χ3v) is 5.67. The van der Waals surface area contributed by atoms with Crippen molar-refractivity contribution in [1.29, 1.82) is 0 Å². The van der Waals surface area contributed by atoms with Crippen LogP contribution in [-0.2, 0) is 16.2 Å². The first-order valence-corrected chi connectivity index (χ1v) is 9.65. The number of aromatic nitrogens is 2. The predicted molar refractivity (Wildman–Crippen MR) is 105 cm³/mol. The van der Waals surface area contributed by atoms with E-state index in [9.17, 15) is 4.79 Å². The van der Waals surface area contributed by atoms with Crippen LogP contribution in [-0.4, -0.2) is 39.7 Å². The number of carbonyl (C=O) groups is 1. The largest absolute Gasteiger partial charge is 0.466 e. The molecule has 0 spiro atoms. The highest BCUT2D eigenvalue weighted by atomic mass is 32.1. The predicted octanol–water partition coefficient (Wildman–Crippen LogP) is 3.86. The van der Waals surface area contributed by atoms with E-state index in [0.29, 0.717) is 6.61 Å². The van der Waals surface area contributed by atoms with Gasteiger partial charge >= 0.3 is 5.97 Å². The number of rotatable bonds is 5. The van der Waals surface area contributed by atoms with Gasteiger partial charge in [-0.05, 0) is 63.0 Å². The van der Waals surface area contributed by atoms with Crippen LogP contribution in [0.25, 0.3) is 5.69 Å². The van der Waals surface area contributed by atoms with Gasteiger partial charge in [0.1, 0.15) is 0 Å². The Kier molecular flexibility index (Phi) is 5.94. The van der Waals surface area contributed by atoms with E-state index in [-0.39, 0.29) is 11.9 Å². The molecule has 1 aliphatic rings. The molecule has 0 aliphatic carbocycles. The fourth-order valence-corrected chi connectivity index (χ4v) is 3.76. The summed E-state index contributed by atoms with van der Waals surface area (Å²) in [5.41, 5.74) is 3.64. The Hall–Kier alpha value is -1.92. The second-order valence-electron chi connectivity index (χ2n) is 6.93. The molecule has 2 heterocycles. The zero-order chi connectivity index (χ0) is 18.7. The molecule has 1 fully saturated rings. The van der Waals surface area contributed by atoms with E-state index in [0.717, 1.165) is 43.1 Å². The maximum Gasteiger partial charge on any atom is 0.309 e. The third kappa shape index (κ3) is 3.91. The van der Waals surface area contributed by atoms with Gasteiger partial charge < -0.3 is 9.30 Å². The van der Waals surface area contributed by atoms with Crippen molar-refractivity contribution in [1.82, 2.24) is 14.0 Å². The number of carbonyl (C=O) groups excluding carboxylic acids is 1. The van der Waals surface area contributed by atoms with Gasteiger partial charge in [-0.25, -0.2) is 0 Å². The van der Waals surface area contributed by atoms with E-state index < -0.39 is 0 Å². The minimum Gasteiger partial charge on any atom is -0.466 e. The smallest absolute Gasteiger partial charge is 0.309 e. The first-order valence-electron chi connectivity index (χ1n) is 9.24. The Morgan fingerprint density at radius 3 is 2.65 bits per heavy atom. The SMILES string of the molecule is CCOC(=O)C1CCN(Cn2ccn(-c3cccc(C)c3C)c2=S)CC1. The van der Waals surface area contributed by atoms with Gasteiger partial charge in [-0.3, -0.25) is 14.3 Å². The van der Waals surface area contributed by atoms with Gasteiger partial charge in [0.05, 0.1) is 24.9 Å². The molecular formula is C20H27N3O2S. The molecule has 0 bridgehead atoms. The number of imidazole rings is 1.